The predicted molar refractivity (Wildman–Crippen MR) is 127 cm³/mol. The van der Waals surface area contributed by atoms with E-state index in [4.69, 9.17) is 0 Å². The fourth-order valence-corrected chi connectivity index (χ4v) is 7.39. The summed E-state index contributed by atoms with van der Waals surface area (Å²) in [6, 6.07) is 11.3. The number of fused-ring (bicyclic) bond motifs is 1. The van der Waals surface area contributed by atoms with Crippen LogP contribution in [0.5, 0.6) is 0 Å². The molecule has 1 aromatic heterocycles. The number of hydrogen-bond donors (Lipinski definition) is 0. The molecule has 32 heavy (non-hydrogen) atoms. The normalized spacial score (nSPS) is 15.4. The molecule has 174 valence electrons. The fraction of sp³-hybridized carbons (Fsp3) is 0.381. The minimum atomic E-state index is -4.27. The molecule has 2 heterocycles. The van der Waals surface area contributed by atoms with E-state index < -0.39 is 20.1 Å². The van der Waals surface area contributed by atoms with Crippen LogP contribution in [0.4, 0.5) is 0 Å². The monoisotopic (exact) mass is 514 g/mol. The Morgan fingerprint density at radius 2 is 1.56 bits per heavy atom. The van der Waals surface area contributed by atoms with E-state index in [9.17, 15) is 21.4 Å². The quantitative estimate of drug-likeness (QED) is 0.300. The third kappa shape index (κ3) is 5.70. The molecule has 1 aliphatic heterocycles. The second-order valence-corrected chi connectivity index (χ2v) is 12.9. The second-order valence-electron chi connectivity index (χ2n) is 7.49. The Balaban J connectivity index is 0.000000222. The van der Waals surface area contributed by atoms with E-state index >= 15 is 0 Å². The van der Waals surface area contributed by atoms with E-state index in [0.717, 1.165) is 35.0 Å². The van der Waals surface area contributed by atoms with Crippen LogP contribution in [0.3, 0.4) is 0 Å². The highest BCUT2D eigenvalue weighted by Crippen LogP contribution is 2.29. The van der Waals surface area contributed by atoms with Crippen LogP contribution in [-0.2, 0) is 27.2 Å². The van der Waals surface area contributed by atoms with Crippen LogP contribution >= 0.6 is 23.1 Å². The van der Waals surface area contributed by atoms with Crippen LogP contribution in [0.15, 0.2) is 56.6 Å². The summed E-state index contributed by atoms with van der Waals surface area (Å²) in [4.78, 5) is 0.245. The van der Waals surface area contributed by atoms with E-state index in [1.54, 1.807) is 45.6 Å². The van der Waals surface area contributed by atoms with Gasteiger partial charge in [0.1, 0.15) is 21.9 Å². The number of nitrogens with zero attached hydrogens (tertiary/aromatic N) is 2. The molecule has 0 radical (unpaired) electrons. The van der Waals surface area contributed by atoms with Crippen LogP contribution < -0.4 is 4.57 Å². The van der Waals surface area contributed by atoms with Crippen molar-refractivity contribution in [2.45, 2.75) is 40.3 Å². The minimum Gasteiger partial charge on any atom is -0.744 e. The third-order valence-corrected chi connectivity index (χ3v) is 10.3. The first-order valence-electron chi connectivity index (χ1n) is 10.0. The lowest BCUT2D eigenvalue weighted by atomic mass is 10.2. The predicted octanol–water partition coefficient (Wildman–Crippen LogP) is 3.52. The molecule has 7 nitrogen and oxygen atoms in total. The van der Waals surface area contributed by atoms with Crippen LogP contribution in [0.2, 0.25) is 0 Å². The minimum absolute atomic E-state index is 0.178. The molecule has 0 spiro atoms. The van der Waals surface area contributed by atoms with Crippen LogP contribution in [-0.4, -0.2) is 45.0 Å². The van der Waals surface area contributed by atoms with Gasteiger partial charge >= 0.3 is 0 Å². The SMILES string of the molecule is CSc1sc2cc(S(=O)(=O)N3CCCCC3)ccc2[n+]1C.Cc1ccc(S(=O)(=O)[O-])cc1. The Hall–Kier alpha value is -1.50. The van der Waals surface area contributed by atoms with Crippen molar-refractivity contribution in [2.75, 3.05) is 19.3 Å². The van der Waals surface area contributed by atoms with Gasteiger partial charge in [-0.05, 0) is 62.0 Å². The van der Waals surface area contributed by atoms with Gasteiger partial charge in [-0.1, -0.05) is 35.5 Å². The van der Waals surface area contributed by atoms with Crippen LogP contribution in [0.1, 0.15) is 24.8 Å². The molecule has 11 heteroatoms. The van der Waals surface area contributed by atoms with Crippen molar-refractivity contribution < 1.29 is 26.0 Å². The molecule has 0 amide bonds. The van der Waals surface area contributed by atoms with Crippen molar-refractivity contribution in [2.24, 2.45) is 7.05 Å². The Bertz CT molecular complexity index is 1290. The van der Waals surface area contributed by atoms with Crippen molar-refractivity contribution in [3.8, 4) is 0 Å². The zero-order valence-electron chi connectivity index (χ0n) is 18.1. The number of aryl methyl sites for hydroxylation is 2. The number of thioether (sulfide) groups is 1. The van der Waals surface area contributed by atoms with Crippen molar-refractivity contribution >= 4 is 53.5 Å². The molecule has 1 aliphatic rings. The van der Waals surface area contributed by atoms with Crippen LogP contribution in [0, 0.1) is 6.92 Å². The maximum absolute atomic E-state index is 12.7. The summed E-state index contributed by atoms with van der Waals surface area (Å²) >= 11 is 3.33. The molecular formula is C21H26N2O5S4. The molecule has 3 aromatic rings. The summed E-state index contributed by atoms with van der Waals surface area (Å²) in [5.74, 6) is 0. The Kier molecular flexibility index (Phi) is 8.00. The van der Waals surface area contributed by atoms with Gasteiger partial charge in [-0.3, -0.25) is 0 Å². The molecule has 0 atom stereocenters. The summed E-state index contributed by atoms with van der Waals surface area (Å²) < 4.78 is 62.5. The molecule has 0 aliphatic carbocycles. The molecule has 2 aromatic carbocycles. The largest absolute Gasteiger partial charge is 0.744 e. The Morgan fingerprint density at radius 3 is 2.12 bits per heavy atom. The highest BCUT2D eigenvalue weighted by molar-refractivity contribution is 8.00. The smallest absolute Gasteiger partial charge is 0.297 e. The molecule has 1 fully saturated rings. The highest BCUT2D eigenvalue weighted by atomic mass is 32.2. The summed E-state index contributed by atoms with van der Waals surface area (Å²) in [5, 5.41) is 0. The van der Waals surface area contributed by atoms with Gasteiger partial charge in [0, 0.05) is 19.2 Å². The maximum atomic E-state index is 12.7. The Morgan fingerprint density at radius 1 is 0.969 bits per heavy atom. The summed E-state index contributed by atoms with van der Waals surface area (Å²) in [6.07, 6.45) is 5.09. The van der Waals surface area contributed by atoms with E-state index in [2.05, 4.69) is 4.57 Å². The molecule has 0 saturated carbocycles. The van der Waals surface area contributed by atoms with Gasteiger partial charge in [-0.15, -0.1) is 0 Å². The lowest BCUT2D eigenvalue weighted by molar-refractivity contribution is -0.676. The summed E-state index contributed by atoms with van der Waals surface area (Å²) in [5.41, 5.74) is 2.01. The summed E-state index contributed by atoms with van der Waals surface area (Å²) in [7, 11) is -5.59. The zero-order chi connectivity index (χ0) is 23.5. The first-order valence-corrected chi connectivity index (χ1v) is 14.9. The molecule has 4 rings (SSSR count). The summed E-state index contributed by atoms with van der Waals surface area (Å²) in [6.45, 7) is 3.12. The lowest BCUT2D eigenvalue weighted by Crippen LogP contribution is -2.35. The van der Waals surface area contributed by atoms with Gasteiger partial charge in [0.05, 0.1) is 9.79 Å². The van der Waals surface area contributed by atoms with Gasteiger partial charge in [0.2, 0.25) is 15.5 Å². The second kappa shape index (κ2) is 10.2. The number of sulfonamides is 1. The van der Waals surface area contributed by atoms with E-state index in [1.807, 2.05) is 32.4 Å². The standard InChI is InChI=1S/C14H19N2O2S3.C7H8O3S/c1-15-12-7-6-11(10-13(12)20-14(15)19-2)21(17,18)16-8-4-3-5-9-16;1-6-2-4-7(5-3-6)11(8,9)10/h6-7,10H,3-5,8-9H2,1-2H3;2-5H,1H3,(H,8,9,10)/q+1;/p-1. The average molecular weight is 515 g/mol. The van der Waals surface area contributed by atoms with E-state index in [-0.39, 0.29) is 4.90 Å². The van der Waals surface area contributed by atoms with Gasteiger partial charge in [0.15, 0.2) is 0 Å². The van der Waals surface area contributed by atoms with Crippen molar-refractivity contribution in [1.29, 1.82) is 0 Å². The molecule has 0 N–H and O–H groups in total. The zero-order valence-corrected chi connectivity index (χ0v) is 21.4. The van der Waals surface area contributed by atoms with Crippen LogP contribution in [0.25, 0.3) is 10.2 Å². The number of benzene rings is 2. The van der Waals surface area contributed by atoms with E-state index in [0.29, 0.717) is 18.0 Å². The number of rotatable bonds is 4. The molecule has 0 bridgehead atoms. The molecule has 0 unspecified atom stereocenters. The van der Waals surface area contributed by atoms with Gasteiger partial charge in [0.25, 0.3) is 4.34 Å². The van der Waals surface area contributed by atoms with E-state index in [1.165, 1.54) is 16.5 Å². The first-order chi connectivity index (χ1) is 15.0. The van der Waals surface area contributed by atoms with Gasteiger partial charge in [-0.2, -0.15) is 8.87 Å². The number of piperidine rings is 1. The van der Waals surface area contributed by atoms with Crippen molar-refractivity contribution in [3.63, 3.8) is 0 Å². The highest BCUT2D eigenvalue weighted by Gasteiger charge is 2.27. The number of thiazole rings is 1. The maximum Gasteiger partial charge on any atom is 0.297 e. The van der Waals surface area contributed by atoms with Crippen molar-refractivity contribution in [3.05, 3.63) is 48.0 Å². The van der Waals surface area contributed by atoms with Crippen molar-refractivity contribution in [1.82, 2.24) is 4.31 Å². The Labute approximate surface area is 197 Å². The number of aromatic nitrogens is 1. The fourth-order valence-electron chi connectivity index (χ4n) is 3.41. The molecule has 1 saturated heterocycles. The third-order valence-electron chi connectivity index (χ3n) is 5.20. The number of hydrogen-bond acceptors (Lipinski definition) is 7. The average Bonchev–Trinajstić information content (AvgIpc) is 3.09. The topological polar surface area (TPSA) is 98.5 Å². The van der Waals surface area contributed by atoms with Gasteiger partial charge < -0.3 is 4.55 Å². The first kappa shape index (κ1) is 25.1. The molecular weight excluding hydrogens is 489 g/mol. The van der Waals surface area contributed by atoms with Gasteiger partial charge in [-0.25, -0.2) is 16.8 Å². The lowest BCUT2D eigenvalue weighted by Gasteiger charge is -2.25.